The molecule has 2 heterocycles. The van der Waals surface area contributed by atoms with Crippen LogP contribution >= 0.6 is 0 Å². The lowest BCUT2D eigenvalue weighted by Crippen LogP contribution is -2.31. The van der Waals surface area contributed by atoms with Gasteiger partial charge in [-0.05, 0) is 18.1 Å². The van der Waals surface area contributed by atoms with Crippen LogP contribution in [0.5, 0.6) is 0 Å². The maximum absolute atomic E-state index is 13.8. The van der Waals surface area contributed by atoms with Gasteiger partial charge < -0.3 is 0 Å². The van der Waals surface area contributed by atoms with E-state index in [2.05, 4.69) is 15.1 Å². The summed E-state index contributed by atoms with van der Waals surface area (Å²) in [6.07, 6.45) is 2.83. The molecule has 0 saturated carbocycles. The van der Waals surface area contributed by atoms with Crippen molar-refractivity contribution in [2.75, 3.05) is 0 Å². The van der Waals surface area contributed by atoms with Crippen molar-refractivity contribution in [1.82, 2.24) is 24.3 Å². The molecule has 0 aliphatic rings. The Morgan fingerprint density at radius 3 is 2.64 bits per heavy atom. The van der Waals surface area contributed by atoms with Gasteiger partial charge in [-0.1, -0.05) is 19.9 Å². The third kappa shape index (κ3) is 2.18. The maximum Gasteiger partial charge on any atom is 0.261 e. The van der Waals surface area contributed by atoms with Crippen LogP contribution in [0.2, 0.25) is 0 Å². The Kier molecular flexibility index (Phi) is 3.48. The predicted molar refractivity (Wildman–Crippen MR) is 79.9 cm³/mol. The van der Waals surface area contributed by atoms with Crippen LogP contribution in [0.1, 0.15) is 25.7 Å². The standard InChI is InChI=1S/C15H16FN5O/c1-9(2)13(14-17-7-19-20(14)3)21-8-18-12-10(15(21)22)5-4-6-11(12)16/h4-9,13H,1-3H3. The van der Waals surface area contributed by atoms with Gasteiger partial charge in [0.2, 0.25) is 0 Å². The zero-order valence-electron chi connectivity index (χ0n) is 12.6. The second kappa shape index (κ2) is 5.32. The van der Waals surface area contributed by atoms with Crippen molar-refractivity contribution in [2.45, 2.75) is 19.9 Å². The zero-order valence-corrected chi connectivity index (χ0v) is 12.6. The number of para-hydroxylation sites is 1. The van der Waals surface area contributed by atoms with Gasteiger partial charge in [-0.25, -0.2) is 14.4 Å². The lowest BCUT2D eigenvalue weighted by atomic mass is 10.0. The molecular formula is C15H16FN5O. The summed E-state index contributed by atoms with van der Waals surface area (Å²) in [6, 6.07) is 4.07. The van der Waals surface area contributed by atoms with E-state index in [0.29, 0.717) is 5.82 Å². The number of nitrogens with zero attached hydrogens (tertiary/aromatic N) is 5. The summed E-state index contributed by atoms with van der Waals surface area (Å²) < 4.78 is 16.9. The number of hydrogen-bond donors (Lipinski definition) is 0. The Bertz CT molecular complexity index is 883. The zero-order chi connectivity index (χ0) is 15.9. The van der Waals surface area contributed by atoms with Crippen molar-refractivity contribution in [3.63, 3.8) is 0 Å². The minimum Gasteiger partial charge on any atom is -0.288 e. The van der Waals surface area contributed by atoms with Crippen molar-refractivity contribution in [3.8, 4) is 0 Å². The van der Waals surface area contributed by atoms with E-state index >= 15 is 0 Å². The Balaban J connectivity index is 2.26. The third-order valence-electron chi connectivity index (χ3n) is 3.71. The van der Waals surface area contributed by atoms with Crippen molar-refractivity contribution in [3.05, 3.63) is 52.8 Å². The molecule has 3 rings (SSSR count). The van der Waals surface area contributed by atoms with E-state index in [1.54, 1.807) is 17.8 Å². The highest BCUT2D eigenvalue weighted by Gasteiger charge is 2.24. The fourth-order valence-electron chi connectivity index (χ4n) is 2.65. The maximum atomic E-state index is 13.8. The number of aryl methyl sites for hydroxylation is 1. The first-order valence-corrected chi connectivity index (χ1v) is 7.00. The summed E-state index contributed by atoms with van der Waals surface area (Å²) in [5, 5.41) is 4.32. The first-order chi connectivity index (χ1) is 10.5. The van der Waals surface area contributed by atoms with Gasteiger partial charge in [0.05, 0.1) is 17.8 Å². The quantitative estimate of drug-likeness (QED) is 0.741. The van der Waals surface area contributed by atoms with Gasteiger partial charge in [-0.2, -0.15) is 5.10 Å². The SMILES string of the molecule is CC(C)C(c1ncnn1C)n1cnc2c(F)cccc2c1=O. The Morgan fingerprint density at radius 2 is 2.00 bits per heavy atom. The van der Waals surface area contributed by atoms with Crippen LogP contribution in [0.25, 0.3) is 10.9 Å². The van der Waals surface area contributed by atoms with Gasteiger partial charge in [0, 0.05) is 7.05 Å². The van der Waals surface area contributed by atoms with Crippen LogP contribution in [0.4, 0.5) is 4.39 Å². The summed E-state index contributed by atoms with van der Waals surface area (Å²) in [7, 11) is 1.77. The highest BCUT2D eigenvalue weighted by atomic mass is 19.1. The predicted octanol–water partition coefficient (Wildman–Crippen LogP) is 1.91. The van der Waals surface area contributed by atoms with E-state index in [9.17, 15) is 9.18 Å². The average Bonchev–Trinajstić information content (AvgIpc) is 2.88. The van der Waals surface area contributed by atoms with Crippen molar-refractivity contribution < 1.29 is 4.39 Å². The lowest BCUT2D eigenvalue weighted by molar-refractivity contribution is 0.391. The van der Waals surface area contributed by atoms with E-state index < -0.39 is 5.82 Å². The third-order valence-corrected chi connectivity index (χ3v) is 3.71. The van der Waals surface area contributed by atoms with Gasteiger partial charge in [0.15, 0.2) is 0 Å². The molecule has 0 fully saturated rings. The topological polar surface area (TPSA) is 65.6 Å². The monoisotopic (exact) mass is 301 g/mol. The van der Waals surface area contributed by atoms with E-state index in [0.717, 1.165) is 0 Å². The minimum atomic E-state index is -0.499. The van der Waals surface area contributed by atoms with Crippen LogP contribution in [0, 0.1) is 11.7 Å². The molecule has 1 atom stereocenters. The molecule has 6 nitrogen and oxygen atoms in total. The molecule has 114 valence electrons. The summed E-state index contributed by atoms with van der Waals surface area (Å²) in [6.45, 7) is 3.98. The Hall–Kier alpha value is -2.57. The molecule has 0 saturated heterocycles. The molecule has 0 aliphatic heterocycles. The Morgan fingerprint density at radius 1 is 1.23 bits per heavy atom. The van der Waals surface area contributed by atoms with Crippen LogP contribution in [-0.2, 0) is 7.05 Å². The van der Waals surface area contributed by atoms with Crippen molar-refractivity contribution >= 4 is 10.9 Å². The molecule has 0 bridgehead atoms. The van der Waals surface area contributed by atoms with Gasteiger partial charge >= 0.3 is 0 Å². The van der Waals surface area contributed by atoms with Gasteiger partial charge in [0.1, 0.15) is 23.5 Å². The van der Waals surface area contributed by atoms with Crippen LogP contribution in [-0.4, -0.2) is 24.3 Å². The molecule has 1 unspecified atom stereocenters. The second-order valence-corrected chi connectivity index (χ2v) is 5.52. The highest BCUT2D eigenvalue weighted by Crippen LogP contribution is 2.23. The smallest absolute Gasteiger partial charge is 0.261 e. The fraction of sp³-hybridized carbons (Fsp3) is 0.333. The van der Waals surface area contributed by atoms with E-state index in [1.165, 1.54) is 29.4 Å². The number of aromatic nitrogens is 5. The molecule has 0 spiro atoms. The van der Waals surface area contributed by atoms with E-state index in [1.807, 2.05) is 13.8 Å². The first kappa shape index (κ1) is 14.4. The summed E-state index contributed by atoms with van der Waals surface area (Å²) in [5.41, 5.74) is -0.199. The molecule has 7 heteroatoms. The number of rotatable bonds is 3. The van der Waals surface area contributed by atoms with Gasteiger partial charge in [-0.3, -0.25) is 14.0 Å². The van der Waals surface area contributed by atoms with E-state index in [4.69, 9.17) is 0 Å². The normalized spacial score (nSPS) is 13.0. The number of hydrogen-bond acceptors (Lipinski definition) is 4. The number of fused-ring (bicyclic) bond motifs is 1. The molecule has 1 aromatic carbocycles. The summed E-state index contributed by atoms with van der Waals surface area (Å²) >= 11 is 0. The molecule has 2 aromatic heterocycles. The molecular weight excluding hydrogens is 285 g/mol. The fourth-order valence-corrected chi connectivity index (χ4v) is 2.65. The molecule has 3 aromatic rings. The average molecular weight is 301 g/mol. The van der Waals surface area contributed by atoms with Gasteiger partial charge in [-0.15, -0.1) is 0 Å². The number of benzene rings is 1. The van der Waals surface area contributed by atoms with Crippen molar-refractivity contribution in [1.29, 1.82) is 0 Å². The number of halogens is 1. The second-order valence-electron chi connectivity index (χ2n) is 5.52. The summed E-state index contributed by atoms with van der Waals surface area (Å²) in [5.74, 6) is 0.254. The molecule has 0 radical (unpaired) electrons. The van der Waals surface area contributed by atoms with E-state index in [-0.39, 0.29) is 28.4 Å². The lowest BCUT2D eigenvalue weighted by Gasteiger charge is -2.22. The first-order valence-electron chi connectivity index (χ1n) is 7.00. The van der Waals surface area contributed by atoms with Gasteiger partial charge in [0.25, 0.3) is 5.56 Å². The molecule has 22 heavy (non-hydrogen) atoms. The van der Waals surface area contributed by atoms with Crippen LogP contribution in [0.3, 0.4) is 0 Å². The highest BCUT2D eigenvalue weighted by molar-refractivity contribution is 5.77. The van der Waals surface area contributed by atoms with Crippen LogP contribution in [0.15, 0.2) is 35.6 Å². The largest absolute Gasteiger partial charge is 0.288 e. The molecule has 0 amide bonds. The Labute approximate surface area is 126 Å². The minimum absolute atomic E-state index is 0.0872. The van der Waals surface area contributed by atoms with Crippen molar-refractivity contribution in [2.24, 2.45) is 13.0 Å². The summed E-state index contributed by atoms with van der Waals surface area (Å²) in [4.78, 5) is 21.1. The molecule has 0 N–H and O–H groups in total. The van der Waals surface area contributed by atoms with Crippen LogP contribution < -0.4 is 5.56 Å². The molecule has 0 aliphatic carbocycles.